The zero-order chi connectivity index (χ0) is 26.5. The summed E-state index contributed by atoms with van der Waals surface area (Å²) in [6, 6.07) is 16.8. The first kappa shape index (κ1) is 25.9. The fourth-order valence-electron chi connectivity index (χ4n) is 9.11. The number of benzene rings is 2. The number of nitrogens with two attached hydrogens (primary N) is 1. The third-order valence-corrected chi connectivity index (χ3v) is 10.7. The Morgan fingerprint density at radius 3 is 2.63 bits per heavy atom. The molecular weight excluding hydrogens is 470 g/mol. The molecule has 202 valence electrons. The quantitative estimate of drug-likeness (QED) is 0.477. The number of hydrogen-bond donors (Lipinski definition) is 3. The maximum absolute atomic E-state index is 10.3. The molecule has 5 aliphatic rings. The van der Waals surface area contributed by atoms with Crippen LogP contribution in [0.5, 0.6) is 5.75 Å². The van der Waals surface area contributed by atoms with Crippen molar-refractivity contribution in [3.8, 4) is 17.6 Å². The van der Waals surface area contributed by atoms with Gasteiger partial charge in [-0.25, -0.2) is 0 Å². The minimum absolute atomic E-state index is 0.0699. The lowest BCUT2D eigenvalue weighted by atomic mass is 9.48. The van der Waals surface area contributed by atoms with Gasteiger partial charge in [0.1, 0.15) is 5.75 Å². The van der Waals surface area contributed by atoms with Crippen molar-refractivity contribution in [1.82, 2.24) is 0 Å². The number of aromatic hydroxyl groups is 1. The standard InChI is InChI=1S/C34H43NO3/c1-32(2)30-15-16-34(38-32)28-13-11-25(19-23-7-4-3-5-8-23)27(21-28)20-26-12-14-29(37)22-24(26)9-6-10-31(34)33(30,35)17-18-36/h3-5,7-8,12,14,22,25,27-28,30-31,36-37H,9,11,13,15-21,35H2,1-2H3/t25-,27-,28-,30+,31-,33-,34-/m1/s1. The number of aliphatic hydroxyl groups excluding tert-OH is 1. The molecule has 0 aromatic heterocycles. The Bertz CT molecular complexity index is 1230. The van der Waals surface area contributed by atoms with Gasteiger partial charge in [-0.2, -0.15) is 0 Å². The summed E-state index contributed by atoms with van der Waals surface area (Å²) in [5.41, 5.74) is 9.91. The van der Waals surface area contributed by atoms with Crippen LogP contribution < -0.4 is 5.73 Å². The number of phenols is 1. The van der Waals surface area contributed by atoms with Gasteiger partial charge in [0, 0.05) is 24.5 Å². The zero-order valence-corrected chi connectivity index (χ0v) is 23.0. The van der Waals surface area contributed by atoms with Gasteiger partial charge >= 0.3 is 0 Å². The van der Waals surface area contributed by atoms with Crippen molar-refractivity contribution in [3.63, 3.8) is 0 Å². The molecule has 2 aromatic carbocycles. The number of hydrogen-bond acceptors (Lipinski definition) is 4. The van der Waals surface area contributed by atoms with Crippen molar-refractivity contribution >= 4 is 0 Å². The summed E-state index contributed by atoms with van der Waals surface area (Å²) in [5.74, 6) is 9.05. The highest BCUT2D eigenvalue weighted by molar-refractivity contribution is 5.39. The topological polar surface area (TPSA) is 75.7 Å². The molecule has 1 spiro atoms. The molecular formula is C34H43NO3. The highest BCUT2D eigenvalue weighted by atomic mass is 16.5. The smallest absolute Gasteiger partial charge is 0.115 e. The van der Waals surface area contributed by atoms with Gasteiger partial charge in [-0.15, -0.1) is 0 Å². The second-order valence-corrected chi connectivity index (χ2v) is 13.1. The summed E-state index contributed by atoms with van der Waals surface area (Å²) in [6.45, 7) is 4.49. The van der Waals surface area contributed by atoms with Gasteiger partial charge in [0.25, 0.3) is 0 Å². The summed E-state index contributed by atoms with van der Waals surface area (Å²) in [4.78, 5) is 0. The Morgan fingerprint density at radius 2 is 1.87 bits per heavy atom. The molecule has 2 saturated heterocycles. The van der Waals surface area contributed by atoms with E-state index in [1.807, 2.05) is 12.1 Å². The highest BCUT2D eigenvalue weighted by Gasteiger charge is 2.68. The van der Waals surface area contributed by atoms with E-state index in [9.17, 15) is 10.2 Å². The van der Waals surface area contributed by atoms with E-state index < -0.39 is 5.54 Å². The summed E-state index contributed by atoms with van der Waals surface area (Å²) in [6.07, 6.45) is 8.68. The van der Waals surface area contributed by atoms with Gasteiger partial charge in [-0.3, -0.25) is 0 Å². The predicted molar refractivity (Wildman–Crippen MR) is 150 cm³/mol. The molecule has 2 aliphatic heterocycles. The molecule has 4 nitrogen and oxygen atoms in total. The number of fused-ring (bicyclic) bond motifs is 5. The molecule has 7 atom stereocenters. The first-order chi connectivity index (χ1) is 18.2. The molecule has 2 aromatic rings. The lowest BCUT2D eigenvalue weighted by molar-refractivity contribution is -0.306. The molecule has 4 N–H and O–H groups in total. The zero-order valence-electron chi connectivity index (χ0n) is 23.0. The lowest BCUT2D eigenvalue weighted by Gasteiger charge is -2.68. The Balaban J connectivity index is 1.45. The predicted octanol–water partition coefficient (Wildman–Crippen LogP) is 5.42. The number of aliphatic hydroxyl groups is 1. The molecule has 38 heavy (non-hydrogen) atoms. The summed E-state index contributed by atoms with van der Waals surface area (Å²) < 4.78 is 7.21. The number of phenolic OH excluding ortho intramolecular Hbond substituents is 1. The molecule has 2 heterocycles. The summed E-state index contributed by atoms with van der Waals surface area (Å²) in [5, 5.41) is 20.5. The molecule has 0 amide bonds. The Labute approximate surface area is 228 Å². The van der Waals surface area contributed by atoms with Crippen LogP contribution in [0.15, 0.2) is 48.5 Å². The van der Waals surface area contributed by atoms with Crippen molar-refractivity contribution < 1.29 is 14.9 Å². The largest absolute Gasteiger partial charge is 0.508 e. The monoisotopic (exact) mass is 513 g/mol. The van der Waals surface area contributed by atoms with E-state index in [2.05, 4.69) is 62.1 Å². The van der Waals surface area contributed by atoms with E-state index in [-0.39, 0.29) is 29.6 Å². The van der Waals surface area contributed by atoms with Crippen LogP contribution in [0.4, 0.5) is 0 Å². The summed E-state index contributed by atoms with van der Waals surface area (Å²) in [7, 11) is 0. The van der Waals surface area contributed by atoms with Gasteiger partial charge in [0.05, 0.1) is 17.1 Å². The third-order valence-electron chi connectivity index (χ3n) is 10.7. The van der Waals surface area contributed by atoms with E-state index in [0.717, 1.165) is 44.1 Å². The molecule has 4 heteroatoms. The maximum Gasteiger partial charge on any atom is 0.115 e. The third kappa shape index (κ3) is 4.28. The normalized spacial score (nSPS) is 37.2. The van der Waals surface area contributed by atoms with Crippen LogP contribution in [-0.2, 0) is 24.0 Å². The maximum atomic E-state index is 10.3. The van der Waals surface area contributed by atoms with E-state index in [0.29, 0.717) is 36.3 Å². The first-order valence-electron chi connectivity index (χ1n) is 14.7. The van der Waals surface area contributed by atoms with Crippen molar-refractivity contribution in [2.75, 3.05) is 6.61 Å². The Hall–Kier alpha value is -2.32. The second-order valence-electron chi connectivity index (χ2n) is 13.1. The van der Waals surface area contributed by atoms with E-state index in [1.54, 1.807) is 0 Å². The van der Waals surface area contributed by atoms with Crippen molar-refractivity contribution in [2.45, 2.75) is 88.4 Å². The molecule has 3 aliphatic carbocycles. The van der Waals surface area contributed by atoms with Gasteiger partial charge in [-0.1, -0.05) is 48.2 Å². The fraction of sp³-hybridized carbons (Fsp3) is 0.588. The van der Waals surface area contributed by atoms with Crippen LogP contribution in [0.2, 0.25) is 0 Å². The first-order valence-corrected chi connectivity index (χ1v) is 14.7. The average Bonchev–Trinajstić information content (AvgIpc) is 2.89. The van der Waals surface area contributed by atoms with Gasteiger partial charge in [0.2, 0.25) is 0 Å². The number of rotatable bonds is 4. The molecule has 4 fully saturated rings. The van der Waals surface area contributed by atoms with E-state index >= 15 is 0 Å². The van der Waals surface area contributed by atoms with Crippen LogP contribution in [0.3, 0.4) is 0 Å². The Morgan fingerprint density at radius 1 is 1.05 bits per heavy atom. The van der Waals surface area contributed by atoms with Crippen molar-refractivity contribution in [3.05, 3.63) is 65.2 Å². The minimum Gasteiger partial charge on any atom is -0.508 e. The molecule has 0 unspecified atom stereocenters. The highest BCUT2D eigenvalue weighted by Crippen LogP contribution is 2.62. The average molecular weight is 514 g/mol. The van der Waals surface area contributed by atoms with Crippen LogP contribution in [0.25, 0.3) is 0 Å². The van der Waals surface area contributed by atoms with Crippen LogP contribution in [0, 0.1) is 41.4 Å². The van der Waals surface area contributed by atoms with Crippen LogP contribution in [-0.4, -0.2) is 33.6 Å². The van der Waals surface area contributed by atoms with Gasteiger partial charge in [-0.05, 0) is 112 Å². The fourth-order valence-corrected chi connectivity index (χ4v) is 9.11. The summed E-state index contributed by atoms with van der Waals surface area (Å²) >= 11 is 0. The van der Waals surface area contributed by atoms with Crippen molar-refractivity contribution in [2.24, 2.45) is 35.3 Å². The molecule has 4 bridgehead atoms. The second kappa shape index (κ2) is 9.70. The van der Waals surface area contributed by atoms with Crippen molar-refractivity contribution in [1.29, 1.82) is 0 Å². The lowest BCUT2D eigenvalue weighted by Crippen LogP contribution is -2.77. The van der Waals surface area contributed by atoms with Gasteiger partial charge in [0.15, 0.2) is 0 Å². The van der Waals surface area contributed by atoms with E-state index in [1.165, 1.54) is 17.5 Å². The van der Waals surface area contributed by atoms with Crippen LogP contribution in [0.1, 0.15) is 69.1 Å². The molecule has 0 radical (unpaired) electrons. The van der Waals surface area contributed by atoms with Gasteiger partial charge < -0.3 is 20.7 Å². The van der Waals surface area contributed by atoms with E-state index in [4.69, 9.17) is 10.5 Å². The number of ether oxygens (including phenoxy) is 1. The minimum atomic E-state index is -0.576. The molecule has 2 saturated carbocycles. The molecule has 7 rings (SSSR count). The Kier molecular flexibility index (Phi) is 6.62. The SMILES string of the molecule is CC1(C)O[C@@]23CC[C@@H]1[C@](N)(CCO)[C@H]2C#CCc1cc(O)ccc1C[C@@H]1C[C@H]3CC[C@@H]1Cc1ccccc1. The van der Waals surface area contributed by atoms with Crippen LogP contribution >= 0.6 is 0 Å².